The molecule has 0 aliphatic carbocycles. The summed E-state index contributed by atoms with van der Waals surface area (Å²) in [5.74, 6) is -3.07. The van der Waals surface area contributed by atoms with Gasteiger partial charge in [0.1, 0.15) is 5.82 Å². The van der Waals surface area contributed by atoms with E-state index < -0.39 is 17.5 Å². The Kier molecular flexibility index (Phi) is 3.43. The van der Waals surface area contributed by atoms with Crippen LogP contribution in [0.3, 0.4) is 0 Å². The molecule has 0 saturated heterocycles. The number of halogens is 3. The number of hydrogen-bond donors (Lipinski definition) is 1. The molecule has 3 aromatic rings. The molecule has 0 amide bonds. The van der Waals surface area contributed by atoms with Crippen molar-refractivity contribution in [3.8, 4) is 11.4 Å². The fraction of sp³-hybridized carbons (Fsp3) is 0.154. The predicted molar refractivity (Wildman–Crippen MR) is 65.6 cm³/mol. The standard InChI is InChI=1S/C13H9F3N4O/c14-8-5-7(6-9(15)12(8)16)13-19-11(21-20-13)2-1-10-17-3-4-18-10/h3-6H,1-2H2,(H,17,18). The van der Waals surface area contributed by atoms with Crippen molar-refractivity contribution in [2.75, 3.05) is 0 Å². The SMILES string of the molecule is Fc1cc(-c2noc(CCc3ncc[nH]3)n2)cc(F)c1F. The molecule has 5 nitrogen and oxygen atoms in total. The van der Waals surface area contributed by atoms with E-state index in [9.17, 15) is 13.2 Å². The van der Waals surface area contributed by atoms with Crippen molar-refractivity contribution < 1.29 is 17.7 Å². The maximum Gasteiger partial charge on any atom is 0.227 e. The molecule has 0 aliphatic rings. The summed E-state index contributed by atoms with van der Waals surface area (Å²) in [5.41, 5.74) is 0.0133. The van der Waals surface area contributed by atoms with E-state index in [1.165, 1.54) is 0 Å². The van der Waals surface area contributed by atoms with Crippen molar-refractivity contribution in [2.24, 2.45) is 0 Å². The summed E-state index contributed by atoms with van der Waals surface area (Å²) in [4.78, 5) is 11.0. The van der Waals surface area contributed by atoms with Crippen molar-refractivity contribution in [3.63, 3.8) is 0 Å². The van der Waals surface area contributed by atoms with Crippen LogP contribution in [-0.4, -0.2) is 20.1 Å². The molecule has 0 saturated carbocycles. The summed E-state index contributed by atoms with van der Waals surface area (Å²) >= 11 is 0. The van der Waals surface area contributed by atoms with Crippen molar-refractivity contribution in [1.29, 1.82) is 0 Å². The van der Waals surface area contributed by atoms with Gasteiger partial charge in [0.05, 0.1) is 0 Å². The summed E-state index contributed by atoms with van der Waals surface area (Å²) < 4.78 is 44.2. The van der Waals surface area contributed by atoms with Crippen LogP contribution in [0.4, 0.5) is 13.2 Å². The molecule has 1 aromatic carbocycles. The van der Waals surface area contributed by atoms with Gasteiger partial charge in [-0.2, -0.15) is 4.98 Å². The van der Waals surface area contributed by atoms with Gasteiger partial charge in [-0.1, -0.05) is 5.16 Å². The van der Waals surface area contributed by atoms with Gasteiger partial charge in [0, 0.05) is 30.8 Å². The number of aromatic nitrogens is 4. The molecule has 21 heavy (non-hydrogen) atoms. The van der Waals surface area contributed by atoms with E-state index in [0.717, 1.165) is 18.0 Å². The van der Waals surface area contributed by atoms with Crippen molar-refractivity contribution in [2.45, 2.75) is 12.8 Å². The Hall–Kier alpha value is -2.64. The lowest BCUT2D eigenvalue weighted by molar-refractivity contribution is 0.378. The molecule has 2 aromatic heterocycles. The number of aromatic amines is 1. The minimum Gasteiger partial charge on any atom is -0.349 e. The maximum atomic E-state index is 13.2. The van der Waals surface area contributed by atoms with Gasteiger partial charge in [-0.15, -0.1) is 0 Å². The molecule has 8 heteroatoms. The first kappa shape index (κ1) is 13.3. The smallest absolute Gasteiger partial charge is 0.227 e. The zero-order valence-electron chi connectivity index (χ0n) is 10.6. The quantitative estimate of drug-likeness (QED) is 0.751. The van der Waals surface area contributed by atoms with Crippen LogP contribution in [0.5, 0.6) is 0 Å². The molecule has 0 radical (unpaired) electrons. The minimum atomic E-state index is -1.53. The third kappa shape index (κ3) is 2.78. The lowest BCUT2D eigenvalue weighted by Crippen LogP contribution is -1.94. The normalized spacial score (nSPS) is 11.0. The Balaban J connectivity index is 1.78. The zero-order valence-corrected chi connectivity index (χ0v) is 10.6. The van der Waals surface area contributed by atoms with Gasteiger partial charge in [0.25, 0.3) is 0 Å². The average Bonchev–Trinajstić information content (AvgIpc) is 3.13. The van der Waals surface area contributed by atoms with E-state index in [4.69, 9.17) is 4.52 Å². The van der Waals surface area contributed by atoms with Crippen LogP contribution in [0.15, 0.2) is 29.0 Å². The molecule has 1 N–H and O–H groups in total. The molecule has 0 spiro atoms. The van der Waals surface area contributed by atoms with Crippen LogP contribution in [0.1, 0.15) is 11.7 Å². The van der Waals surface area contributed by atoms with Gasteiger partial charge in [-0.3, -0.25) is 0 Å². The molecular weight excluding hydrogens is 285 g/mol. The zero-order chi connectivity index (χ0) is 14.8. The second-order valence-electron chi connectivity index (χ2n) is 4.30. The van der Waals surface area contributed by atoms with Crippen molar-refractivity contribution >= 4 is 0 Å². The topological polar surface area (TPSA) is 67.6 Å². The fourth-order valence-electron chi connectivity index (χ4n) is 1.82. The van der Waals surface area contributed by atoms with Crippen LogP contribution in [0.25, 0.3) is 11.4 Å². The Labute approximate surface area is 116 Å². The van der Waals surface area contributed by atoms with E-state index in [1.54, 1.807) is 12.4 Å². The van der Waals surface area contributed by atoms with Gasteiger partial charge in [-0.05, 0) is 12.1 Å². The minimum absolute atomic E-state index is 0.00208. The molecule has 0 unspecified atom stereocenters. The number of nitrogens with zero attached hydrogens (tertiary/aromatic N) is 3. The van der Waals surface area contributed by atoms with E-state index in [-0.39, 0.29) is 11.4 Å². The lowest BCUT2D eigenvalue weighted by Gasteiger charge is -1.98. The highest BCUT2D eigenvalue weighted by Crippen LogP contribution is 2.21. The molecule has 0 atom stereocenters. The summed E-state index contributed by atoms with van der Waals surface area (Å²) in [7, 11) is 0. The average molecular weight is 294 g/mol. The number of benzene rings is 1. The Bertz CT molecular complexity index is 732. The Morgan fingerprint density at radius 1 is 1.10 bits per heavy atom. The molecule has 2 heterocycles. The van der Waals surface area contributed by atoms with Crippen LogP contribution in [0.2, 0.25) is 0 Å². The first-order valence-corrected chi connectivity index (χ1v) is 6.09. The third-order valence-electron chi connectivity index (χ3n) is 2.84. The molecular formula is C13H9F3N4O. The van der Waals surface area contributed by atoms with Gasteiger partial charge in [-0.25, -0.2) is 18.2 Å². The number of H-pyrrole nitrogens is 1. The molecule has 108 valence electrons. The summed E-state index contributed by atoms with van der Waals surface area (Å²) in [6, 6.07) is 1.64. The number of hydrogen-bond acceptors (Lipinski definition) is 4. The molecule has 3 rings (SSSR count). The summed E-state index contributed by atoms with van der Waals surface area (Å²) in [5, 5.41) is 3.63. The van der Waals surface area contributed by atoms with Gasteiger partial charge >= 0.3 is 0 Å². The van der Waals surface area contributed by atoms with Gasteiger partial charge in [0.2, 0.25) is 11.7 Å². The second-order valence-corrected chi connectivity index (χ2v) is 4.30. The van der Waals surface area contributed by atoms with Crippen LogP contribution in [-0.2, 0) is 12.8 Å². The molecule has 0 aliphatic heterocycles. The maximum absolute atomic E-state index is 13.2. The third-order valence-corrected chi connectivity index (χ3v) is 2.84. The van der Waals surface area contributed by atoms with E-state index >= 15 is 0 Å². The van der Waals surface area contributed by atoms with E-state index in [2.05, 4.69) is 20.1 Å². The Morgan fingerprint density at radius 2 is 1.86 bits per heavy atom. The number of imidazole rings is 1. The number of rotatable bonds is 4. The first-order valence-electron chi connectivity index (χ1n) is 6.09. The van der Waals surface area contributed by atoms with E-state index in [0.29, 0.717) is 18.7 Å². The monoisotopic (exact) mass is 294 g/mol. The highest BCUT2D eigenvalue weighted by molar-refractivity contribution is 5.54. The van der Waals surface area contributed by atoms with Crippen LogP contribution < -0.4 is 0 Å². The number of aryl methyl sites for hydroxylation is 2. The van der Waals surface area contributed by atoms with Crippen molar-refractivity contribution in [3.05, 3.63) is 53.7 Å². The summed E-state index contributed by atoms with van der Waals surface area (Å²) in [6.07, 6.45) is 4.30. The largest absolute Gasteiger partial charge is 0.349 e. The molecule has 0 fully saturated rings. The second kappa shape index (κ2) is 5.39. The van der Waals surface area contributed by atoms with Gasteiger partial charge in [0.15, 0.2) is 17.5 Å². The van der Waals surface area contributed by atoms with Gasteiger partial charge < -0.3 is 9.51 Å². The summed E-state index contributed by atoms with van der Waals surface area (Å²) in [6.45, 7) is 0. The number of nitrogens with one attached hydrogen (secondary N) is 1. The molecule has 0 bridgehead atoms. The highest BCUT2D eigenvalue weighted by atomic mass is 19.2. The fourth-order valence-corrected chi connectivity index (χ4v) is 1.82. The van der Waals surface area contributed by atoms with Crippen molar-refractivity contribution in [1.82, 2.24) is 20.1 Å². The lowest BCUT2D eigenvalue weighted by atomic mass is 10.2. The highest BCUT2D eigenvalue weighted by Gasteiger charge is 2.15. The predicted octanol–water partition coefficient (Wildman–Crippen LogP) is 2.66. The van der Waals surface area contributed by atoms with E-state index in [1.807, 2.05) is 0 Å². The Morgan fingerprint density at radius 3 is 2.52 bits per heavy atom. The first-order chi connectivity index (χ1) is 10.1. The van der Waals surface area contributed by atoms with Crippen LogP contribution in [0, 0.1) is 17.5 Å². The van der Waals surface area contributed by atoms with Crippen LogP contribution >= 0.6 is 0 Å².